The zero-order chi connectivity index (χ0) is 23.5. The number of carbonyl (C=O) groups excluding carboxylic acids is 2. The lowest BCUT2D eigenvalue weighted by Crippen LogP contribution is -2.20. The average Bonchev–Trinajstić information content (AvgIpc) is 2.81. The number of nitrogens with zero attached hydrogens (tertiary/aromatic N) is 1. The van der Waals surface area contributed by atoms with Crippen LogP contribution in [0.25, 0.3) is 0 Å². The van der Waals surface area contributed by atoms with E-state index in [4.69, 9.17) is 16.3 Å². The highest BCUT2D eigenvalue weighted by atomic mass is 35.5. The van der Waals surface area contributed by atoms with E-state index < -0.39 is 0 Å². The van der Waals surface area contributed by atoms with E-state index >= 15 is 0 Å². The summed E-state index contributed by atoms with van der Waals surface area (Å²) in [5.74, 6) is 1.18. The normalized spacial score (nSPS) is 10.7. The monoisotopic (exact) mass is 481 g/mol. The molecule has 0 saturated carbocycles. The number of hydrazone groups is 1. The van der Waals surface area contributed by atoms with Crippen LogP contribution in [0.5, 0.6) is 5.75 Å². The van der Waals surface area contributed by atoms with E-state index in [1.54, 1.807) is 30.5 Å². The molecule has 0 unspecified atom stereocenters. The first kappa shape index (κ1) is 24.4. The summed E-state index contributed by atoms with van der Waals surface area (Å²) in [4.78, 5) is 23.9. The molecule has 6 nitrogen and oxygen atoms in total. The molecule has 0 aromatic heterocycles. The number of thioether (sulfide) groups is 1. The minimum atomic E-state index is -0.235. The molecule has 0 aliphatic rings. The molecule has 0 fully saturated rings. The zero-order valence-electron chi connectivity index (χ0n) is 18.1. The fourth-order valence-corrected chi connectivity index (χ4v) is 3.59. The lowest BCUT2D eigenvalue weighted by atomic mass is 10.2. The van der Waals surface area contributed by atoms with Gasteiger partial charge in [0.05, 0.1) is 12.0 Å². The van der Waals surface area contributed by atoms with E-state index in [9.17, 15) is 9.59 Å². The molecule has 170 valence electrons. The van der Waals surface area contributed by atoms with Crippen LogP contribution in [0.1, 0.15) is 16.7 Å². The van der Waals surface area contributed by atoms with Crippen molar-refractivity contribution in [3.8, 4) is 5.75 Å². The fourth-order valence-electron chi connectivity index (χ4n) is 2.69. The Bertz CT molecular complexity index is 1090. The van der Waals surface area contributed by atoms with Crippen molar-refractivity contribution in [2.45, 2.75) is 12.7 Å². The highest BCUT2D eigenvalue weighted by Gasteiger charge is 2.04. The summed E-state index contributed by atoms with van der Waals surface area (Å²) in [5.41, 5.74) is 6.26. The Labute approximate surface area is 202 Å². The molecule has 3 aromatic rings. The molecule has 0 atom stereocenters. The van der Waals surface area contributed by atoms with E-state index in [0.717, 1.165) is 28.1 Å². The highest BCUT2D eigenvalue weighted by Crippen LogP contribution is 2.15. The Morgan fingerprint density at radius 3 is 2.36 bits per heavy atom. The topological polar surface area (TPSA) is 79.8 Å². The molecule has 2 amide bonds. The third-order valence-electron chi connectivity index (χ3n) is 4.40. The summed E-state index contributed by atoms with van der Waals surface area (Å²) < 4.78 is 5.51. The molecule has 0 saturated heterocycles. The molecule has 33 heavy (non-hydrogen) atoms. The van der Waals surface area contributed by atoms with E-state index in [1.807, 2.05) is 55.5 Å². The first-order valence-corrected chi connectivity index (χ1v) is 11.7. The van der Waals surface area contributed by atoms with Gasteiger partial charge in [0.25, 0.3) is 5.91 Å². The van der Waals surface area contributed by atoms with Gasteiger partial charge < -0.3 is 10.1 Å². The van der Waals surface area contributed by atoms with Gasteiger partial charge in [0.15, 0.2) is 6.61 Å². The van der Waals surface area contributed by atoms with Crippen LogP contribution in [0.3, 0.4) is 0 Å². The van der Waals surface area contributed by atoms with E-state index in [2.05, 4.69) is 15.8 Å². The van der Waals surface area contributed by atoms with Gasteiger partial charge in [-0.2, -0.15) is 5.10 Å². The summed E-state index contributed by atoms with van der Waals surface area (Å²) in [7, 11) is 0. The van der Waals surface area contributed by atoms with Crippen LogP contribution in [0.4, 0.5) is 5.69 Å². The van der Waals surface area contributed by atoms with Gasteiger partial charge in [-0.1, -0.05) is 41.4 Å². The number of carbonyl (C=O) groups is 2. The third kappa shape index (κ3) is 9.00. The van der Waals surface area contributed by atoms with E-state index in [1.165, 1.54) is 11.8 Å². The number of amides is 2. The van der Waals surface area contributed by atoms with Gasteiger partial charge in [0, 0.05) is 16.5 Å². The lowest BCUT2D eigenvalue weighted by Gasteiger charge is -2.08. The van der Waals surface area contributed by atoms with Crippen LogP contribution in [0.15, 0.2) is 77.9 Å². The summed E-state index contributed by atoms with van der Waals surface area (Å²) in [5, 5.41) is 7.45. The number of halogens is 1. The molecule has 3 aromatic carbocycles. The second-order valence-electron chi connectivity index (χ2n) is 7.18. The molecule has 3 rings (SSSR count). The van der Waals surface area contributed by atoms with Crippen LogP contribution < -0.4 is 15.5 Å². The fraction of sp³-hybridized carbons (Fsp3) is 0.160. The summed E-state index contributed by atoms with van der Waals surface area (Å²) in [6.45, 7) is 1.89. The number of anilines is 1. The smallest absolute Gasteiger partial charge is 0.262 e. The molecule has 0 radical (unpaired) electrons. The Hall–Kier alpha value is -3.29. The van der Waals surface area contributed by atoms with Crippen molar-refractivity contribution in [2.24, 2.45) is 5.10 Å². The average molecular weight is 482 g/mol. The number of aryl methyl sites for hydroxylation is 1. The maximum Gasteiger partial charge on any atom is 0.262 e. The van der Waals surface area contributed by atoms with Crippen molar-refractivity contribution in [3.63, 3.8) is 0 Å². The number of hydrogen-bond donors (Lipinski definition) is 2. The largest absolute Gasteiger partial charge is 0.484 e. The first-order chi connectivity index (χ1) is 16.0. The highest BCUT2D eigenvalue weighted by molar-refractivity contribution is 7.99. The summed E-state index contributed by atoms with van der Waals surface area (Å²) >= 11 is 7.36. The van der Waals surface area contributed by atoms with Gasteiger partial charge in [0.1, 0.15) is 5.75 Å². The third-order valence-corrected chi connectivity index (χ3v) is 5.66. The second kappa shape index (κ2) is 12.7. The molecular formula is C25H24ClN3O3S. The lowest BCUT2D eigenvalue weighted by molar-refractivity contribution is -0.119. The predicted octanol–water partition coefficient (Wildman–Crippen LogP) is 5.05. The zero-order valence-corrected chi connectivity index (χ0v) is 19.7. The molecule has 0 aliphatic carbocycles. The molecule has 0 spiro atoms. The molecular weight excluding hydrogens is 458 g/mol. The maximum atomic E-state index is 12.0. The second-order valence-corrected chi connectivity index (χ2v) is 8.61. The van der Waals surface area contributed by atoms with Crippen molar-refractivity contribution < 1.29 is 14.3 Å². The van der Waals surface area contributed by atoms with Crippen molar-refractivity contribution in [2.75, 3.05) is 17.7 Å². The van der Waals surface area contributed by atoms with Crippen LogP contribution in [0, 0.1) is 6.92 Å². The Morgan fingerprint density at radius 2 is 1.67 bits per heavy atom. The SMILES string of the molecule is Cc1ccc(NC(=O)COc2ccc(/C=N\NC(=O)CSCc3ccc(Cl)cc3)cc2)cc1. The Kier molecular flexibility index (Phi) is 9.35. The molecule has 0 heterocycles. The molecule has 0 bridgehead atoms. The van der Waals surface area contributed by atoms with Crippen molar-refractivity contribution in [1.29, 1.82) is 0 Å². The Morgan fingerprint density at radius 1 is 0.970 bits per heavy atom. The number of rotatable bonds is 10. The van der Waals surface area contributed by atoms with Gasteiger partial charge in [-0.15, -0.1) is 11.8 Å². The summed E-state index contributed by atoms with van der Waals surface area (Å²) in [6.07, 6.45) is 1.55. The van der Waals surface area contributed by atoms with Gasteiger partial charge in [-0.25, -0.2) is 5.43 Å². The number of ether oxygens (including phenoxy) is 1. The van der Waals surface area contributed by atoms with Crippen LogP contribution in [-0.2, 0) is 15.3 Å². The van der Waals surface area contributed by atoms with E-state index in [-0.39, 0.29) is 18.4 Å². The van der Waals surface area contributed by atoms with Crippen LogP contribution in [-0.4, -0.2) is 30.4 Å². The van der Waals surface area contributed by atoms with Crippen molar-refractivity contribution in [3.05, 3.63) is 94.5 Å². The summed E-state index contributed by atoms with van der Waals surface area (Å²) in [6, 6.07) is 22.2. The molecule has 8 heteroatoms. The van der Waals surface area contributed by atoms with Gasteiger partial charge in [0.2, 0.25) is 5.91 Å². The van der Waals surface area contributed by atoms with Crippen molar-refractivity contribution in [1.82, 2.24) is 5.43 Å². The minimum Gasteiger partial charge on any atom is -0.484 e. The molecule has 0 aliphatic heterocycles. The van der Waals surface area contributed by atoms with E-state index in [0.29, 0.717) is 16.5 Å². The van der Waals surface area contributed by atoms with Crippen molar-refractivity contribution >= 4 is 47.1 Å². The van der Waals surface area contributed by atoms with Gasteiger partial charge in [-0.3, -0.25) is 9.59 Å². The Balaban J connectivity index is 1.35. The molecule has 2 N–H and O–H groups in total. The standard InChI is InChI=1S/C25H24ClN3O3S/c1-18-2-10-22(11-3-18)28-24(30)15-32-23-12-6-19(7-13-23)14-27-29-25(31)17-33-16-20-4-8-21(26)9-5-20/h2-14H,15-17H2,1H3,(H,28,30)(H,29,31)/b27-14-. The predicted molar refractivity (Wildman–Crippen MR) is 135 cm³/mol. The van der Waals surface area contributed by atoms with Gasteiger partial charge >= 0.3 is 0 Å². The quantitative estimate of drug-likeness (QED) is 0.313. The maximum absolute atomic E-state index is 12.0. The van der Waals surface area contributed by atoms with Crippen LogP contribution in [0.2, 0.25) is 5.02 Å². The van der Waals surface area contributed by atoms with Crippen LogP contribution >= 0.6 is 23.4 Å². The number of hydrogen-bond acceptors (Lipinski definition) is 5. The van der Waals surface area contributed by atoms with Gasteiger partial charge in [-0.05, 0) is 66.6 Å². The number of nitrogens with one attached hydrogen (secondary N) is 2. The number of benzene rings is 3. The first-order valence-electron chi connectivity index (χ1n) is 10.2. The minimum absolute atomic E-state index is 0.0922.